The van der Waals surface area contributed by atoms with E-state index in [0.717, 1.165) is 50.9 Å². The van der Waals surface area contributed by atoms with Crippen LogP contribution < -0.4 is 16.0 Å². The maximum atomic E-state index is 12.4. The van der Waals surface area contributed by atoms with Gasteiger partial charge in [0.1, 0.15) is 0 Å². The number of rotatable bonds is 7. The maximum Gasteiger partial charge on any atom is 0.315 e. The Labute approximate surface area is 154 Å². The summed E-state index contributed by atoms with van der Waals surface area (Å²) in [7, 11) is 1.95. The third-order valence-corrected chi connectivity index (χ3v) is 6.71. The van der Waals surface area contributed by atoms with Crippen molar-refractivity contribution in [2.24, 2.45) is 0 Å². The van der Waals surface area contributed by atoms with E-state index in [-0.39, 0.29) is 24.5 Å². The Morgan fingerprint density at radius 2 is 2.21 bits per heavy atom. The number of thioether (sulfide) groups is 1. The summed E-state index contributed by atoms with van der Waals surface area (Å²) in [5.41, 5.74) is 0. The van der Waals surface area contributed by atoms with Crippen molar-refractivity contribution in [2.45, 2.75) is 61.9 Å². The highest BCUT2D eigenvalue weighted by Crippen LogP contribution is 2.33. The number of carbonyl (C=O) groups is 2. The van der Waals surface area contributed by atoms with Gasteiger partial charge in [0.15, 0.2) is 0 Å². The molecule has 0 bridgehead atoms. The Hall–Kier alpha value is -0.660. The molecule has 6 nitrogen and oxygen atoms in total. The summed E-state index contributed by atoms with van der Waals surface area (Å²) in [5, 5.41) is 9.68. The molecule has 3 heterocycles. The second-order valence-corrected chi connectivity index (χ2v) is 8.08. The minimum absolute atomic E-state index is 0. The molecule has 0 aliphatic carbocycles. The Morgan fingerprint density at radius 3 is 3.00 bits per heavy atom. The smallest absolute Gasteiger partial charge is 0.315 e. The number of fused-ring (bicyclic) bond motifs is 1. The van der Waals surface area contributed by atoms with E-state index in [1.54, 1.807) is 0 Å². The summed E-state index contributed by atoms with van der Waals surface area (Å²) < 4.78 is 0. The van der Waals surface area contributed by atoms with E-state index in [1.807, 2.05) is 18.8 Å². The van der Waals surface area contributed by atoms with Crippen LogP contribution in [0.3, 0.4) is 0 Å². The molecular formula is C16H29ClN4O2S. The van der Waals surface area contributed by atoms with Crippen molar-refractivity contribution in [3.63, 3.8) is 0 Å². The molecule has 3 aliphatic rings. The number of nitrogens with zero attached hydrogens (tertiary/aromatic N) is 1. The summed E-state index contributed by atoms with van der Waals surface area (Å²) in [6, 6.07) is 0.941. The molecule has 3 saturated heterocycles. The predicted octanol–water partition coefficient (Wildman–Crippen LogP) is 1.34. The largest absolute Gasteiger partial charge is 0.338 e. The van der Waals surface area contributed by atoms with Gasteiger partial charge in [-0.2, -0.15) is 11.8 Å². The molecule has 3 rings (SSSR count). The van der Waals surface area contributed by atoms with Crippen molar-refractivity contribution < 1.29 is 9.59 Å². The average Bonchev–Trinajstić information content (AvgIpc) is 3.20. The number of carbonyl (C=O) groups excluding carboxylic acids is 2. The second-order valence-electron chi connectivity index (χ2n) is 6.81. The predicted molar refractivity (Wildman–Crippen MR) is 99.9 cm³/mol. The lowest BCUT2D eigenvalue weighted by Crippen LogP contribution is -2.40. The van der Waals surface area contributed by atoms with Crippen LogP contribution in [0, 0.1) is 0 Å². The molecule has 0 aromatic heterocycles. The van der Waals surface area contributed by atoms with E-state index in [4.69, 9.17) is 0 Å². The fourth-order valence-corrected chi connectivity index (χ4v) is 5.56. The molecule has 138 valence electrons. The zero-order valence-corrected chi connectivity index (χ0v) is 15.9. The van der Waals surface area contributed by atoms with Gasteiger partial charge in [-0.3, -0.25) is 4.79 Å². The molecule has 3 fully saturated rings. The normalized spacial score (nSPS) is 31.4. The fourth-order valence-electron chi connectivity index (χ4n) is 4.02. The number of amides is 3. The highest BCUT2D eigenvalue weighted by molar-refractivity contribution is 8.00. The van der Waals surface area contributed by atoms with Gasteiger partial charge in [0.05, 0.1) is 12.1 Å². The first-order chi connectivity index (χ1) is 11.2. The van der Waals surface area contributed by atoms with Crippen LogP contribution in [0.5, 0.6) is 0 Å². The van der Waals surface area contributed by atoms with Crippen molar-refractivity contribution in [1.29, 1.82) is 0 Å². The molecule has 0 saturated carbocycles. The quantitative estimate of drug-likeness (QED) is 0.463. The molecule has 3 N–H and O–H groups in total. The molecule has 8 heteroatoms. The van der Waals surface area contributed by atoms with Crippen LogP contribution in [-0.4, -0.2) is 66.1 Å². The number of hydrogen-bond donors (Lipinski definition) is 3. The van der Waals surface area contributed by atoms with Gasteiger partial charge >= 0.3 is 6.03 Å². The number of urea groups is 1. The topological polar surface area (TPSA) is 73.5 Å². The molecule has 3 aliphatic heterocycles. The first-order valence-corrected chi connectivity index (χ1v) is 9.86. The Morgan fingerprint density at radius 1 is 1.38 bits per heavy atom. The van der Waals surface area contributed by atoms with Crippen LogP contribution in [0.25, 0.3) is 0 Å². The van der Waals surface area contributed by atoms with E-state index in [0.29, 0.717) is 29.7 Å². The lowest BCUT2D eigenvalue weighted by molar-refractivity contribution is -0.132. The summed E-state index contributed by atoms with van der Waals surface area (Å²) >= 11 is 1.95. The summed E-state index contributed by atoms with van der Waals surface area (Å²) in [6.07, 6.45) is 6.02. The molecule has 1 unspecified atom stereocenters. The summed E-state index contributed by atoms with van der Waals surface area (Å²) in [4.78, 5) is 25.8. The SMILES string of the molecule is CNCC1CCCN1C(=O)CCCC[C@@H]1SC[C@@H]2NC(=O)N[C@@H]21.Cl. The lowest BCUT2D eigenvalue weighted by atomic mass is 10.0. The van der Waals surface area contributed by atoms with Crippen LogP contribution in [0.15, 0.2) is 0 Å². The Kier molecular flexibility index (Phi) is 7.50. The highest BCUT2D eigenvalue weighted by Gasteiger charge is 2.42. The third-order valence-electron chi connectivity index (χ3n) is 5.20. The summed E-state index contributed by atoms with van der Waals surface area (Å²) in [6.45, 7) is 1.82. The minimum atomic E-state index is -0.0231. The van der Waals surface area contributed by atoms with Crippen LogP contribution in [0.2, 0.25) is 0 Å². The van der Waals surface area contributed by atoms with Gasteiger partial charge in [-0.1, -0.05) is 6.42 Å². The van der Waals surface area contributed by atoms with Gasteiger partial charge < -0.3 is 20.9 Å². The van der Waals surface area contributed by atoms with Crippen LogP contribution in [0.1, 0.15) is 38.5 Å². The zero-order valence-electron chi connectivity index (χ0n) is 14.3. The molecule has 0 aromatic rings. The van der Waals surface area contributed by atoms with Crippen molar-refractivity contribution in [1.82, 2.24) is 20.9 Å². The van der Waals surface area contributed by atoms with Gasteiger partial charge in [-0.05, 0) is 32.7 Å². The molecule has 24 heavy (non-hydrogen) atoms. The molecule has 0 spiro atoms. The molecule has 0 aromatic carbocycles. The van der Waals surface area contributed by atoms with Crippen LogP contribution in [-0.2, 0) is 4.79 Å². The number of nitrogens with one attached hydrogen (secondary N) is 3. The monoisotopic (exact) mass is 376 g/mol. The minimum Gasteiger partial charge on any atom is -0.338 e. The van der Waals surface area contributed by atoms with Crippen molar-refractivity contribution in [3.05, 3.63) is 0 Å². The van der Waals surface area contributed by atoms with Gasteiger partial charge in [-0.15, -0.1) is 12.4 Å². The van der Waals surface area contributed by atoms with E-state index < -0.39 is 0 Å². The molecule has 0 radical (unpaired) electrons. The number of hydrogen-bond acceptors (Lipinski definition) is 4. The van der Waals surface area contributed by atoms with Crippen molar-refractivity contribution >= 4 is 36.1 Å². The van der Waals surface area contributed by atoms with E-state index >= 15 is 0 Å². The fraction of sp³-hybridized carbons (Fsp3) is 0.875. The maximum absolute atomic E-state index is 12.4. The third kappa shape index (κ3) is 4.49. The average molecular weight is 377 g/mol. The van der Waals surface area contributed by atoms with Gasteiger partial charge in [0, 0.05) is 36.6 Å². The van der Waals surface area contributed by atoms with Gasteiger partial charge in [0.2, 0.25) is 5.91 Å². The Bertz CT molecular complexity index is 454. The number of likely N-dealkylation sites (tertiary alicyclic amines) is 1. The van der Waals surface area contributed by atoms with Gasteiger partial charge in [0.25, 0.3) is 0 Å². The number of likely N-dealkylation sites (N-methyl/N-ethyl adjacent to an activating group) is 1. The van der Waals surface area contributed by atoms with Crippen LogP contribution in [0.4, 0.5) is 4.79 Å². The van der Waals surface area contributed by atoms with E-state index in [2.05, 4.69) is 20.9 Å². The summed E-state index contributed by atoms with van der Waals surface area (Å²) in [5.74, 6) is 1.32. The lowest BCUT2D eigenvalue weighted by Gasteiger charge is -2.24. The first-order valence-electron chi connectivity index (χ1n) is 8.81. The Balaban J connectivity index is 0.00000208. The van der Waals surface area contributed by atoms with Crippen LogP contribution >= 0.6 is 24.2 Å². The highest BCUT2D eigenvalue weighted by atomic mass is 35.5. The zero-order chi connectivity index (χ0) is 16.2. The number of halogens is 1. The standard InChI is InChI=1S/C16H28N4O2S.ClH/c1-17-9-11-5-4-8-20(11)14(21)7-3-2-6-13-15-12(10-23-13)18-16(22)19-15;/h11-13,15,17H,2-10H2,1H3,(H2,18,19,22);1H/t11?,12-,13-,15-;/m0./s1. The molecule has 4 atom stereocenters. The van der Waals surface area contributed by atoms with E-state index in [9.17, 15) is 9.59 Å². The van der Waals surface area contributed by atoms with Crippen molar-refractivity contribution in [2.75, 3.05) is 25.9 Å². The molecule has 3 amide bonds. The van der Waals surface area contributed by atoms with Crippen molar-refractivity contribution in [3.8, 4) is 0 Å². The second kappa shape index (κ2) is 9.15. The molecular weight excluding hydrogens is 348 g/mol. The number of unbranched alkanes of at least 4 members (excludes halogenated alkanes) is 1. The van der Waals surface area contributed by atoms with Gasteiger partial charge in [-0.25, -0.2) is 4.79 Å². The first kappa shape index (κ1) is 19.7. The van der Waals surface area contributed by atoms with E-state index in [1.165, 1.54) is 0 Å².